The van der Waals surface area contributed by atoms with E-state index in [4.69, 9.17) is 5.11 Å². The van der Waals surface area contributed by atoms with Crippen LogP contribution in [0.5, 0.6) is 0 Å². The van der Waals surface area contributed by atoms with Gasteiger partial charge in [0.15, 0.2) is 0 Å². The smallest absolute Gasteiger partial charge is 0.135 e. The Morgan fingerprint density at radius 3 is 2.33 bits per heavy atom. The first kappa shape index (κ1) is 14.7. The molecule has 18 heavy (non-hydrogen) atoms. The lowest BCUT2D eigenvalue weighted by Crippen LogP contribution is -2.24. The average molecular weight is 254 g/mol. The molecule has 0 radical (unpaired) electrons. The number of hydrogen-bond donors (Lipinski definition) is 4. The normalized spacial score (nSPS) is 12.6. The molecule has 1 aromatic heterocycles. The number of aliphatic hydroxyl groups is 2. The van der Waals surface area contributed by atoms with Gasteiger partial charge in [0.05, 0.1) is 12.7 Å². The zero-order valence-corrected chi connectivity index (χ0v) is 11.4. The fourth-order valence-electron chi connectivity index (χ4n) is 1.49. The van der Waals surface area contributed by atoms with Crippen molar-refractivity contribution in [2.75, 3.05) is 30.8 Å². The minimum atomic E-state index is -0.792. The quantitative estimate of drug-likeness (QED) is 0.598. The van der Waals surface area contributed by atoms with Gasteiger partial charge in [0.25, 0.3) is 0 Å². The first-order valence-corrected chi connectivity index (χ1v) is 6.08. The first-order chi connectivity index (χ1) is 8.49. The van der Waals surface area contributed by atoms with Crippen molar-refractivity contribution in [2.45, 2.75) is 32.8 Å². The molecule has 0 aromatic carbocycles. The van der Waals surface area contributed by atoms with Gasteiger partial charge in [-0.1, -0.05) is 13.8 Å². The van der Waals surface area contributed by atoms with E-state index in [2.05, 4.69) is 20.6 Å². The molecular weight excluding hydrogens is 232 g/mol. The molecule has 0 amide bonds. The lowest BCUT2D eigenvalue weighted by atomic mass is 10.2. The second-order valence-electron chi connectivity index (χ2n) is 4.53. The van der Waals surface area contributed by atoms with Gasteiger partial charge in [-0.15, -0.1) is 0 Å². The van der Waals surface area contributed by atoms with E-state index in [0.717, 1.165) is 17.2 Å². The third-order valence-electron chi connectivity index (χ3n) is 2.63. The molecule has 1 aromatic rings. The summed E-state index contributed by atoms with van der Waals surface area (Å²) in [7, 11) is 1.81. The van der Waals surface area contributed by atoms with Crippen molar-refractivity contribution in [3.8, 4) is 0 Å². The van der Waals surface area contributed by atoms with Crippen LogP contribution in [-0.2, 0) is 0 Å². The van der Waals surface area contributed by atoms with Gasteiger partial charge in [-0.2, -0.15) is 0 Å². The molecule has 0 spiro atoms. The fraction of sp³-hybridized carbons (Fsp3) is 0.667. The average Bonchev–Trinajstić information content (AvgIpc) is 2.36. The molecule has 0 saturated carbocycles. The van der Waals surface area contributed by atoms with Crippen LogP contribution >= 0.6 is 0 Å². The highest BCUT2D eigenvalue weighted by Gasteiger charge is 2.13. The fourth-order valence-corrected chi connectivity index (χ4v) is 1.49. The molecule has 6 nitrogen and oxygen atoms in total. The molecule has 0 aliphatic heterocycles. The maximum atomic E-state index is 9.34. The van der Waals surface area contributed by atoms with Gasteiger partial charge in [0, 0.05) is 25.1 Å². The van der Waals surface area contributed by atoms with E-state index in [1.807, 2.05) is 27.8 Å². The van der Waals surface area contributed by atoms with Crippen molar-refractivity contribution in [1.29, 1.82) is 0 Å². The van der Waals surface area contributed by atoms with Crippen molar-refractivity contribution in [3.05, 3.63) is 11.4 Å². The summed E-state index contributed by atoms with van der Waals surface area (Å²) in [5.74, 6) is 2.42. The maximum absolute atomic E-state index is 9.34. The molecule has 102 valence electrons. The number of anilines is 2. The summed E-state index contributed by atoms with van der Waals surface area (Å²) in [5, 5.41) is 24.2. The number of nitrogens with one attached hydrogen (secondary N) is 2. The van der Waals surface area contributed by atoms with Crippen molar-refractivity contribution in [2.24, 2.45) is 0 Å². The highest BCUT2D eigenvalue weighted by Crippen LogP contribution is 2.22. The summed E-state index contributed by atoms with van der Waals surface area (Å²) in [6.07, 6.45) is -0.792. The Kier molecular flexibility index (Phi) is 5.30. The van der Waals surface area contributed by atoms with Crippen LogP contribution in [0.4, 0.5) is 11.6 Å². The van der Waals surface area contributed by atoms with Crippen LogP contribution in [0.25, 0.3) is 0 Å². The zero-order chi connectivity index (χ0) is 13.7. The summed E-state index contributed by atoms with van der Waals surface area (Å²) >= 11 is 0. The molecule has 4 N–H and O–H groups in total. The summed E-state index contributed by atoms with van der Waals surface area (Å²) in [6.45, 7) is 5.94. The van der Waals surface area contributed by atoms with Crippen LogP contribution in [0, 0.1) is 6.92 Å². The molecule has 6 heteroatoms. The molecule has 1 heterocycles. The van der Waals surface area contributed by atoms with E-state index in [1.54, 1.807) is 0 Å². The minimum Gasteiger partial charge on any atom is -0.394 e. The van der Waals surface area contributed by atoms with E-state index in [1.165, 1.54) is 0 Å². The molecule has 0 bridgehead atoms. The summed E-state index contributed by atoms with van der Waals surface area (Å²) in [5.41, 5.74) is 0.895. The molecule has 0 fully saturated rings. The van der Waals surface area contributed by atoms with Gasteiger partial charge >= 0.3 is 0 Å². The maximum Gasteiger partial charge on any atom is 0.135 e. The van der Waals surface area contributed by atoms with Crippen molar-refractivity contribution < 1.29 is 10.2 Å². The monoisotopic (exact) mass is 254 g/mol. The zero-order valence-electron chi connectivity index (χ0n) is 11.4. The van der Waals surface area contributed by atoms with E-state index < -0.39 is 6.10 Å². The van der Waals surface area contributed by atoms with Crippen LogP contribution in [0.1, 0.15) is 31.2 Å². The van der Waals surface area contributed by atoms with Gasteiger partial charge in [-0.3, -0.25) is 0 Å². The Labute approximate surface area is 107 Å². The highest BCUT2D eigenvalue weighted by molar-refractivity contribution is 5.57. The van der Waals surface area contributed by atoms with Crippen molar-refractivity contribution >= 4 is 11.6 Å². The summed E-state index contributed by atoms with van der Waals surface area (Å²) in [6, 6.07) is 0. The summed E-state index contributed by atoms with van der Waals surface area (Å²) in [4.78, 5) is 8.86. The SMILES string of the molecule is CNc1nc(C(C)C)nc(NCC(O)CO)c1C. The van der Waals surface area contributed by atoms with Crippen molar-refractivity contribution in [1.82, 2.24) is 9.97 Å². The third kappa shape index (κ3) is 3.54. The second-order valence-corrected chi connectivity index (χ2v) is 4.53. The molecule has 0 aliphatic carbocycles. The Bertz CT molecular complexity index is 396. The minimum absolute atomic E-state index is 0.223. The van der Waals surface area contributed by atoms with E-state index in [0.29, 0.717) is 5.82 Å². The topological polar surface area (TPSA) is 90.3 Å². The Morgan fingerprint density at radius 2 is 1.83 bits per heavy atom. The highest BCUT2D eigenvalue weighted by atomic mass is 16.3. The van der Waals surface area contributed by atoms with Crippen LogP contribution in [0.2, 0.25) is 0 Å². The van der Waals surface area contributed by atoms with Gasteiger partial charge in [-0.25, -0.2) is 9.97 Å². The Hall–Kier alpha value is -1.40. The van der Waals surface area contributed by atoms with E-state index >= 15 is 0 Å². The number of nitrogens with zero attached hydrogens (tertiary/aromatic N) is 2. The standard InChI is InChI=1S/C12H22N4O2/c1-7(2)10-15-11(13-4)8(3)12(16-10)14-5-9(18)6-17/h7,9,17-18H,5-6H2,1-4H3,(H2,13,14,15,16). The number of rotatable bonds is 6. The lowest BCUT2D eigenvalue weighted by Gasteiger charge is -2.16. The molecule has 0 aliphatic rings. The molecule has 1 atom stereocenters. The second kappa shape index (κ2) is 6.51. The van der Waals surface area contributed by atoms with E-state index in [-0.39, 0.29) is 19.1 Å². The number of aliphatic hydroxyl groups excluding tert-OH is 2. The van der Waals surface area contributed by atoms with Crippen LogP contribution in [0.3, 0.4) is 0 Å². The molecule has 0 saturated heterocycles. The largest absolute Gasteiger partial charge is 0.394 e. The van der Waals surface area contributed by atoms with Crippen LogP contribution in [-0.4, -0.2) is 46.5 Å². The van der Waals surface area contributed by atoms with Gasteiger partial charge in [-0.05, 0) is 6.92 Å². The van der Waals surface area contributed by atoms with Crippen molar-refractivity contribution in [3.63, 3.8) is 0 Å². The van der Waals surface area contributed by atoms with E-state index in [9.17, 15) is 5.11 Å². The lowest BCUT2D eigenvalue weighted by molar-refractivity contribution is 0.105. The van der Waals surface area contributed by atoms with Crippen LogP contribution < -0.4 is 10.6 Å². The number of aromatic nitrogens is 2. The predicted octanol–water partition coefficient (Wildman–Crippen LogP) is 0.715. The summed E-state index contributed by atoms with van der Waals surface area (Å²) < 4.78 is 0. The van der Waals surface area contributed by atoms with Gasteiger partial charge in [0.2, 0.25) is 0 Å². The first-order valence-electron chi connectivity index (χ1n) is 6.08. The Morgan fingerprint density at radius 1 is 1.22 bits per heavy atom. The molecular formula is C12H22N4O2. The molecule has 1 unspecified atom stereocenters. The third-order valence-corrected chi connectivity index (χ3v) is 2.63. The Balaban J connectivity index is 2.97. The number of hydrogen-bond acceptors (Lipinski definition) is 6. The van der Waals surface area contributed by atoms with Gasteiger partial charge in [0.1, 0.15) is 17.5 Å². The predicted molar refractivity (Wildman–Crippen MR) is 72.0 cm³/mol. The van der Waals surface area contributed by atoms with Gasteiger partial charge < -0.3 is 20.8 Å². The van der Waals surface area contributed by atoms with Crippen LogP contribution in [0.15, 0.2) is 0 Å². The molecule has 1 rings (SSSR count).